The molecule has 1 aliphatic heterocycles. The smallest absolute Gasteiger partial charge is 0.323 e. The van der Waals surface area contributed by atoms with Crippen molar-refractivity contribution in [2.75, 3.05) is 38.1 Å². The Bertz CT molecular complexity index is 1380. The van der Waals surface area contributed by atoms with Gasteiger partial charge in [-0.1, -0.05) is 6.07 Å². The van der Waals surface area contributed by atoms with Gasteiger partial charge in [0.25, 0.3) is 0 Å². The molecular formula is C25H22N4O6. The molecule has 5 rings (SSSR count). The third-order valence-corrected chi connectivity index (χ3v) is 5.22. The van der Waals surface area contributed by atoms with Gasteiger partial charge in [0.1, 0.15) is 36.4 Å². The van der Waals surface area contributed by atoms with Crippen molar-refractivity contribution in [3.8, 4) is 34.6 Å². The number of hydrogen-bond acceptors (Lipinski definition) is 8. The van der Waals surface area contributed by atoms with Gasteiger partial charge in [0.15, 0.2) is 11.5 Å². The van der Waals surface area contributed by atoms with Crippen molar-refractivity contribution in [3.05, 3.63) is 60.9 Å². The molecule has 10 nitrogen and oxygen atoms in total. The van der Waals surface area contributed by atoms with Crippen LogP contribution in [-0.2, 0) is 0 Å². The highest BCUT2D eigenvalue weighted by atomic mass is 16.6. The molecule has 0 atom stereocenters. The maximum atomic E-state index is 12.3. The fraction of sp³-hybridized carbons (Fsp3) is 0.160. The summed E-state index contributed by atoms with van der Waals surface area (Å²) in [6, 6.07) is 15.4. The number of aromatic nitrogens is 2. The van der Waals surface area contributed by atoms with Crippen molar-refractivity contribution in [2.24, 2.45) is 0 Å². The summed E-state index contributed by atoms with van der Waals surface area (Å²) >= 11 is 0. The van der Waals surface area contributed by atoms with Crippen molar-refractivity contribution in [1.82, 2.24) is 9.97 Å². The van der Waals surface area contributed by atoms with E-state index in [1.54, 1.807) is 68.8 Å². The largest absolute Gasteiger partial charge is 0.497 e. The molecule has 0 aliphatic carbocycles. The van der Waals surface area contributed by atoms with Gasteiger partial charge in [-0.3, -0.25) is 0 Å². The average molecular weight is 474 g/mol. The predicted molar refractivity (Wildman–Crippen MR) is 129 cm³/mol. The van der Waals surface area contributed by atoms with Crippen LogP contribution in [0, 0.1) is 0 Å². The second-order valence-electron chi connectivity index (χ2n) is 7.44. The minimum absolute atomic E-state index is 0.316. The number of urea groups is 1. The van der Waals surface area contributed by atoms with Gasteiger partial charge in [0, 0.05) is 23.5 Å². The van der Waals surface area contributed by atoms with E-state index in [-0.39, 0.29) is 6.03 Å². The zero-order valence-corrected chi connectivity index (χ0v) is 19.0. The molecule has 2 heterocycles. The number of carbonyl (C=O) groups is 1. The molecule has 0 radical (unpaired) electrons. The summed E-state index contributed by atoms with van der Waals surface area (Å²) in [7, 11) is 3.13. The number of amides is 2. The van der Waals surface area contributed by atoms with E-state index in [1.165, 1.54) is 6.33 Å². The zero-order chi connectivity index (χ0) is 24.2. The van der Waals surface area contributed by atoms with Gasteiger partial charge in [0.05, 0.1) is 19.7 Å². The van der Waals surface area contributed by atoms with Crippen LogP contribution < -0.4 is 34.3 Å². The Hall–Kier alpha value is -4.73. The van der Waals surface area contributed by atoms with Crippen molar-refractivity contribution in [2.45, 2.75) is 0 Å². The molecule has 2 N–H and O–H groups in total. The van der Waals surface area contributed by atoms with Crippen LogP contribution in [0.1, 0.15) is 0 Å². The van der Waals surface area contributed by atoms with Crippen molar-refractivity contribution < 1.29 is 28.5 Å². The van der Waals surface area contributed by atoms with Crippen LogP contribution in [0.15, 0.2) is 60.9 Å². The Labute approximate surface area is 200 Å². The monoisotopic (exact) mass is 474 g/mol. The number of carbonyl (C=O) groups excluding carboxylic acids is 1. The topological polar surface area (TPSA) is 113 Å². The van der Waals surface area contributed by atoms with Crippen molar-refractivity contribution >= 4 is 28.3 Å². The molecule has 0 fully saturated rings. The van der Waals surface area contributed by atoms with E-state index >= 15 is 0 Å². The number of ether oxygens (including phenoxy) is 5. The number of rotatable bonds is 6. The summed E-state index contributed by atoms with van der Waals surface area (Å²) in [6.45, 7) is 0.806. The highest BCUT2D eigenvalue weighted by Crippen LogP contribution is 2.47. The number of benzene rings is 3. The van der Waals surface area contributed by atoms with E-state index in [0.29, 0.717) is 70.1 Å². The lowest BCUT2D eigenvalue weighted by atomic mass is 10.1. The maximum absolute atomic E-state index is 12.3. The first-order valence-electron chi connectivity index (χ1n) is 10.8. The van der Waals surface area contributed by atoms with Crippen molar-refractivity contribution in [3.63, 3.8) is 0 Å². The first-order valence-corrected chi connectivity index (χ1v) is 10.8. The molecule has 2 amide bonds. The highest BCUT2D eigenvalue weighted by Gasteiger charge is 2.25. The van der Waals surface area contributed by atoms with E-state index in [9.17, 15) is 4.79 Å². The second kappa shape index (κ2) is 9.64. The normalized spacial score (nSPS) is 12.1. The predicted octanol–water partition coefficient (Wildman–Crippen LogP) is 4.85. The fourth-order valence-corrected chi connectivity index (χ4v) is 3.62. The molecular weight excluding hydrogens is 452 g/mol. The maximum Gasteiger partial charge on any atom is 0.323 e. The summed E-state index contributed by atoms with van der Waals surface area (Å²) in [5.74, 6) is 2.99. The van der Waals surface area contributed by atoms with Crippen LogP contribution >= 0.6 is 0 Å². The molecule has 1 aliphatic rings. The van der Waals surface area contributed by atoms with Gasteiger partial charge >= 0.3 is 6.03 Å². The molecule has 0 bridgehead atoms. The third kappa shape index (κ3) is 4.67. The first-order chi connectivity index (χ1) is 17.1. The van der Waals surface area contributed by atoms with E-state index in [2.05, 4.69) is 20.6 Å². The fourth-order valence-electron chi connectivity index (χ4n) is 3.62. The number of fused-ring (bicyclic) bond motifs is 3. The SMILES string of the molecule is COc1cccc(NC(=O)Nc2ccc(Oc3ncnc4cc(OC)c5c(c34)OCCO5)cc2)c1. The summed E-state index contributed by atoms with van der Waals surface area (Å²) in [4.78, 5) is 21.0. The molecule has 178 valence electrons. The van der Waals surface area contributed by atoms with E-state index < -0.39 is 0 Å². The number of methoxy groups -OCH3 is 2. The average Bonchev–Trinajstić information content (AvgIpc) is 2.89. The summed E-state index contributed by atoms with van der Waals surface area (Å²) in [6.07, 6.45) is 1.41. The molecule has 0 spiro atoms. The Morgan fingerprint density at radius 2 is 1.63 bits per heavy atom. The van der Waals surface area contributed by atoms with Crippen LogP contribution in [0.2, 0.25) is 0 Å². The second-order valence-corrected chi connectivity index (χ2v) is 7.44. The highest BCUT2D eigenvalue weighted by molar-refractivity contribution is 6.00. The summed E-state index contributed by atoms with van der Waals surface area (Å²) in [5.41, 5.74) is 1.80. The van der Waals surface area contributed by atoms with Gasteiger partial charge in [0.2, 0.25) is 11.6 Å². The number of anilines is 2. The van der Waals surface area contributed by atoms with E-state index in [4.69, 9.17) is 23.7 Å². The van der Waals surface area contributed by atoms with Crippen LogP contribution in [0.5, 0.6) is 34.6 Å². The Kier molecular flexibility index (Phi) is 6.08. The lowest BCUT2D eigenvalue weighted by molar-refractivity contribution is 0.167. The van der Waals surface area contributed by atoms with Crippen LogP contribution in [-0.4, -0.2) is 43.4 Å². The number of nitrogens with one attached hydrogen (secondary N) is 2. The minimum Gasteiger partial charge on any atom is -0.497 e. The molecule has 0 saturated carbocycles. The number of nitrogens with zero attached hydrogens (tertiary/aromatic N) is 2. The number of hydrogen-bond donors (Lipinski definition) is 2. The van der Waals surface area contributed by atoms with Crippen molar-refractivity contribution in [1.29, 1.82) is 0 Å². The Morgan fingerprint density at radius 1 is 0.857 bits per heavy atom. The standard InChI is InChI=1S/C25H22N4O6/c1-31-18-5-3-4-16(12-18)29-25(30)28-15-6-8-17(9-7-15)35-24-21-19(26-14-27-24)13-20(32-2)22-23(21)34-11-10-33-22/h3-9,12-14H,10-11H2,1-2H3,(H2,28,29,30). The molecule has 0 unspecified atom stereocenters. The lowest BCUT2D eigenvalue weighted by Gasteiger charge is -2.22. The quantitative estimate of drug-likeness (QED) is 0.408. The van der Waals surface area contributed by atoms with Gasteiger partial charge in [-0.2, -0.15) is 0 Å². The van der Waals surface area contributed by atoms with Crippen LogP contribution in [0.3, 0.4) is 0 Å². The minimum atomic E-state index is -0.383. The molecule has 0 saturated heterocycles. The van der Waals surface area contributed by atoms with Crippen LogP contribution in [0.4, 0.5) is 16.2 Å². The first kappa shape index (κ1) is 22.1. The van der Waals surface area contributed by atoms with E-state index in [1.807, 2.05) is 0 Å². The van der Waals surface area contributed by atoms with Gasteiger partial charge in [-0.25, -0.2) is 14.8 Å². The van der Waals surface area contributed by atoms with Gasteiger partial charge in [-0.05, 0) is 36.4 Å². The lowest BCUT2D eigenvalue weighted by Crippen LogP contribution is -2.19. The van der Waals surface area contributed by atoms with Crippen LogP contribution in [0.25, 0.3) is 10.9 Å². The zero-order valence-electron chi connectivity index (χ0n) is 19.0. The van der Waals surface area contributed by atoms with E-state index in [0.717, 1.165) is 0 Å². The third-order valence-electron chi connectivity index (χ3n) is 5.22. The Morgan fingerprint density at radius 3 is 2.40 bits per heavy atom. The molecule has 3 aromatic carbocycles. The van der Waals surface area contributed by atoms with Gasteiger partial charge < -0.3 is 34.3 Å². The molecule has 4 aromatic rings. The summed E-state index contributed by atoms with van der Waals surface area (Å²) < 4.78 is 28.2. The summed E-state index contributed by atoms with van der Waals surface area (Å²) in [5, 5.41) is 6.13. The Balaban J connectivity index is 1.33. The van der Waals surface area contributed by atoms with Gasteiger partial charge in [-0.15, -0.1) is 0 Å². The molecule has 10 heteroatoms. The molecule has 1 aromatic heterocycles. The molecule has 35 heavy (non-hydrogen) atoms.